The van der Waals surface area contributed by atoms with E-state index in [1.165, 1.54) is 29.7 Å². The van der Waals surface area contributed by atoms with Crippen molar-refractivity contribution in [1.82, 2.24) is 9.97 Å². The van der Waals surface area contributed by atoms with Crippen LogP contribution in [0.15, 0.2) is 35.1 Å². The minimum Gasteiger partial charge on any atom is -0.306 e. The van der Waals surface area contributed by atoms with Crippen LogP contribution >= 0.6 is 11.3 Å². The molecule has 1 aliphatic carbocycles. The van der Waals surface area contributed by atoms with Crippen LogP contribution in [0, 0.1) is 0 Å². The summed E-state index contributed by atoms with van der Waals surface area (Å²) in [6.45, 7) is 0. The molecular formula is C19H18N2OS. The first kappa shape index (κ1) is 14.4. The van der Waals surface area contributed by atoms with E-state index in [1.54, 1.807) is 11.3 Å². The third-order valence-corrected chi connectivity index (χ3v) is 5.51. The number of benzene rings is 1. The van der Waals surface area contributed by atoms with Crippen molar-refractivity contribution in [3.05, 3.63) is 62.5 Å². The minimum atomic E-state index is 0.00196. The van der Waals surface area contributed by atoms with Gasteiger partial charge in [0.2, 0.25) is 0 Å². The van der Waals surface area contributed by atoms with E-state index < -0.39 is 0 Å². The van der Waals surface area contributed by atoms with Gasteiger partial charge in [0.1, 0.15) is 10.7 Å². The number of H-pyrrole nitrogens is 1. The molecule has 4 rings (SSSR count). The fraction of sp³-hybridized carbons (Fsp3) is 0.263. The standard InChI is InChI=1S/C19H18N2OS/c22-18-17-14-9-5-2-6-10-15(14)23-19(17)21-16(20-18)12-11-13-7-3-1-4-8-13/h1,3-4,7-8,11-12H,2,5-6,9-10H2,(H,20,21,22). The Hall–Kier alpha value is -2.20. The molecule has 0 atom stereocenters. The Labute approximate surface area is 138 Å². The number of thiophene rings is 1. The van der Waals surface area contributed by atoms with Crippen molar-refractivity contribution in [2.24, 2.45) is 0 Å². The average Bonchev–Trinajstić information content (AvgIpc) is 2.76. The summed E-state index contributed by atoms with van der Waals surface area (Å²) in [6.07, 6.45) is 9.60. The summed E-state index contributed by atoms with van der Waals surface area (Å²) in [5.74, 6) is 0.628. The first-order valence-corrected chi connectivity index (χ1v) is 8.90. The number of nitrogens with zero attached hydrogens (tertiary/aromatic N) is 1. The Morgan fingerprint density at radius 2 is 1.87 bits per heavy atom. The van der Waals surface area contributed by atoms with Crippen LogP contribution in [0.3, 0.4) is 0 Å². The van der Waals surface area contributed by atoms with Crippen molar-refractivity contribution < 1.29 is 0 Å². The van der Waals surface area contributed by atoms with Crippen LogP contribution in [0.4, 0.5) is 0 Å². The Balaban J connectivity index is 1.76. The van der Waals surface area contributed by atoms with Crippen molar-refractivity contribution in [2.45, 2.75) is 32.1 Å². The molecule has 1 aliphatic rings. The van der Waals surface area contributed by atoms with Gasteiger partial charge in [-0.1, -0.05) is 42.8 Å². The largest absolute Gasteiger partial charge is 0.306 e. The molecule has 4 heteroatoms. The van der Waals surface area contributed by atoms with Gasteiger partial charge in [-0.2, -0.15) is 0 Å². The molecule has 3 nitrogen and oxygen atoms in total. The van der Waals surface area contributed by atoms with Gasteiger partial charge in [0.25, 0.3) is 5.56 Å². The Kier molecular flexibility index (Phi) is 3.83. The molecular weight excluding hydrogens is 304 g/mol. The molecule has 0 radical (unpaired) electrons. The highest BCUT2D eigenvalue weighted by Gasteiger charge is 2.18. The maximum atomic E-state index is 12.5. The zero-order valence-electron chi connectivity index (χ0n) is 12.8. The molecule has 2 aromatic heterocycles. The summed E-state index contributed by atoms with van der Waals surface area (Å²) >= 11 is 1.70. The van der Waals surface area contributed by atoms with Crippen LogP contribution in [0.5, 0.6) is 0 Å². The fourth-order valence-corrected chi connectivity index (χ4v) is 4.44. The summed E-state index contributed by atoms with van der Waals surface area (Å²) in [6, 6.07) is 10.0. The van der Waals surface area contributed by atoms with Crippen molar-refractivity contribution in [2.75, 3.05) is 0 Å². The van der Waals surface area contributed by atoms with E-state index in [1.807, 2.05) is 42.5 Å². The smallest absolute Gasteiger partial charge is 0.260 e. The van der Waals surface area contributed by atoms with Gasteiger partial charge in [0.05, 0.1) is 5.39 Å². The van der Waals surface area contributed by atoms with Crippen molar-refractivity contribution >= 4 is 33.7 Å². The van der Waals surface area contributed by atoms with Gasteiger partial charge < -0.3 is 4.98 Å². The van der Waals surface area contributed by atoms with E-state index >= 15 is 0 Å². The van der Waals surface area contributed by atoms with Gasteiger partial charge in [0, 0.05) is 4.88 Å². The molecule has 3 aromatic rings. The lowest BCUT2D eigenvalue weighted by molar-refractivity contribution is 0.713. The topological polar surface area (TPSA) is 45.8 Å². The molecule has 1 N–H and O–H groups in total. The highest BCUT2D eigenvalue weighted by atomic mass is 32.1. The fourth-order valence-electron chi connectivity index (χ4n) is 3.18. The van der Waals surface area contributed by atoms with Gasteiger partial charge in [-0.05, 0) is 42.9 Å². The number of nitrogens with one attached hydrogen (secondary N) is 1. The van der Waals surface area contributed by atoms with Crippen molar-refractivity contribution in [3.63, 3.8) is 0 Å². The highest BCUT2D eigenvalue weighted by molar-refractivity contribution is 7.18. The molecule has 0 bridgehead atoms. The lowest BCUT2D eigenvalue weighted by Crippen LogP contribution is -2.10. The summed E-state index contributed by atoms with van der Waals surface area (Å²) in [7, 11) is 0. The molecule has 0 saturated carbocycles. The Morgan fingerprint density at radius 3 is 2.74 bits per heavy atom. The number of aromatic nitrogens is 2. The van der Waals surface area contributed by atoms with E-state index in [9.17, 15) is 4.79 Å². The molecule has 0 aliphatic heterocycles. The molecule has 0 spiro atoms. The second kappa shape index (κ2) is 6.13. The van der Waals surface area contributed by atoms with E-state index in [4.69, 9.17) is 0 Å². The average molecular weight is 322 g/mol. The zero-order chi connectivity index (χ0) is 15.6. The quantitative estimate of drug-likeness (QED) is 0.710. The van der Waals surface area contributed by atoms with Crippen LogP contribution in [-0.4, -0.2) is 9.97 Å². The molecule has 0 amide bonds. The molecule has 23 heavy (non-hydrogen) atoms. The maximum Gasteiger partial charge on any atom is 0.260 e. The lowest BCUT2D eigenvalue weighted by Gasteiger charge is -1.98. The monoisotopic (exact) mass is 322 g/mol. The zero-order valence-corrected chi connectivity index (χ0v) is 13.7. The number of hydrogen-bond acceptors (Lipinski definition) is 3. The van der Waals surface area contributed by atoms with Crippen LogP contribution in [0.1, 0.15) is 41.1 Å². The number of aryl methyl sites for hydroxylation is 2. The molecule has 1 aromatic carbocycles. The first-order valence-electron chi connectivity index (χ1n) is 8.09. The Morgan fingerprint density at radius 1 is 1.04 bits per heavy atom. The van der Waals surface area contributed by atoms with Gasteiger partial charge in [-0.25, -0.2) is 4.98 Å². The third kappa shape index (κ3) is 2.86. The predicted molar refractivity (Wildman–Crippen MR) is 96.9 cm³/mol. The van der Waals surface area contributed by atoms with Gasteiger partial charge in [0.15, 0.2) is 0 Å². The predicted octanol–water partition coefficient (Wildman–Crippen LogP) is 4.42. The van der Waals surface area contributed by atoms with E-state index in [-0.39, 0.29) is 5.56 Å². The van der Waals surface area contributed by atoms with E-state index in [2.05, 4.69) is 9.97 Å². The van der Waals surface area contributed by atoms with Gasteiger partial charge in [-0.3, -0.25) is 4.79 Å². The first-order chi connectivity index (χ1) is 11.3. The van der Waals surface area contributed by atoms with Crippen LogP contribution < -0.4 is 5.56 Å². The van der Waals surface area contributed by atoms with Crippen molar-refractivity contribution in [3.8, 4) is 0 Å². The number of fused-ring (bicyclic) bond motifs is 3. The van der Waals surface area contributed by atoms with E-state index in [0.717, 1.165) is 28.6 Å². The molecule has 0 fully saturated rings. The van der Waals surface area contributed by atoms with Gasteiger partial charge >= 0.3 is 0 Å². The van der Waals surface area contributed by atoms with Crippen molar-refractivity contribution in [1.29, 1.82) is 0 Å². The minimum absolute atomic E-state index is 0.00196. The summed E-state index contributed by atoms with van der Waals surface area (Å²) < 4.78 is 0. The summed E-state index contributed by atoms with van der Waals surface area (Å²) in [4.78, 5) is 22.4. The molecule has 0 unspecified atom stereocenters. The summed E-state index contributed by atoms with van der Waals surface area (Å²) in [5, 5.41) is 0.823. The molecule has 0 saturated heterocycles. The number of aromatic amines is 1. The summed E-state index contributed by atoms with van der Waals surface area (Å²) in [5.41, 5.74) is 2.34. The van der Waals surface area contributed by atoms with Gasteiger partial charge in [-0.15, -0.1) is 11.3 Å². The third-order valence-electron chi connectivity index (χ3n) is 4.33. The lowest BCUT2D eigenvalue weighted by atomic mass is 10.1. The van der Waals surface area contributed by atoms with Crippen LogP contribution in [-0.2, 0) is 12.8 Å². The maximum absolute atomic E-state index is 12.5. The van der Waals surface area contributed by atoms with E-state index in [0.29, 0.717) is 5.82 Å². The number of hydrogen-bond donors (Lipinski definition) is 1. The van der Waals surface area contributed by atoms with Crippen LogP contribution in [0.2, 0.25) is 0 Å². The second-order valence-electron chi connectivity index (χ2n) is 5.94. The molecule has 116 valence electrons. The Bertz CT molecular complexity index is 922. The normalized spacial score (nSPS) is 15.0. The van der Waals surface area contributed by atoms with Crippen LogP contribution in [0.25, 0.3) is 22.4 Å². The molecule has 2 heterocycles. The highest BCUT2D eigenvalue weighted by Crippen LogP contribution is 2.32. The number of rotatable bonds is 2. The SMILES string of the molecule is O=c1[nH]c(C=Cc2ccccc2)nc2sc3c(c12)CCCCC3. The second-order valence-corrected chi connectivity index (χ2v) is 7.02.